The Bertz CT molecular complexity index is 485. The second kappa shape index (κ2) is 4.87. The number of nitrogens with zero attached hydrogens (tertiary/aromatic N) is 1. The molecule has 1 aromatic carbocycles. The van der Waals surface area contributed by atoms with E-state index >= 15 is 0 Å². The lowest BCUT2D eigenvalue weighted by Gasteiger charge is -2.33. The highest BCUT2D eigenvalue weighted by molar-refractivity contribution is 5.88. The molecule has 0 spiro atoms. The number of fused-ring (bicyclic) bond motifs is 1. The molecule has 3 rings (SSSR count). The largest absolute Gasteiger partial charge is 0.373 e. The van der Waals surface area contributed by atoms with E-state index < -0.39 is 0 Å². The Morgan fingerprint density at radius 3 is 2.84 bits per heavy atom. The normalized spacial score (nSPS) is 29.8. The van der Waals surface area contributed by atoms with Gasteiger partial charge in [0, 0.05) is 24.7 Å². The highest BCUT2D eigenvalue weighted by Crippen LogP contribution is 2.36. The van der Waals surface area contributed by atoms with Gasteiger partial charge in [-0.3, -0.25) is 4.79 Å². The Hall–Kier alpha value is -1.51. The molecule has 0 radical (unpaired) electrons. The SMILES string of the molecule is CC1CCCN(C(=O)C2Nc3ccccc3C2C)C1. The molecule has 19 heavy (non-hydrogen) atoms. The first-order chi connectivity index (χ1) is 9.16. The number of piperidine rings is 1. The van der Waals surface area contributed by atoms with E-state index in [0.717, 1.165) is 25.2 Å². The van der Waals surface area contributed by atoms with Crippen LogP contribution in [0.4, 0.5) is 5.69 Å². The lowest BCUT2D eigenvalue weighted by Crippen LogP contribution is -2.47. The van der Waals surface area contributed by atoms with Gasteiger partial charge in [-0.25, -0.2) is 0 Å². The molecule has 0 aromatic heterocycles. The summed E-state index contributed by atoms with van der Waals surface area (Å²) >= 11 is 0. The molecule has 0 aliphatic carbocycles. The molecule has 3 nitrogen and oxygen atoms in total. The molecule has 3 heteroatoms. The van der Waals surface area contributed by atoms with Gasteiger partial charge in [0.2, 0.25) is 5.91 Å². The second-order valence-corrected chi connectivity index (χ2v) is 6.03. The second-order valence-electron chi connectivity index (χ2n) is 6.03. The molecule has 102 valence electrons. The first-order valence-electron chi connectivity index (χ1n) is 7.31. The number of nitrogens with one attached hydrogen (secondary N) is 1. The molecule has 1 amide bonds. The molecule has 2 heterocycles. The van der Waals surface area contributed by atoms with Crippen molar-refractivity contribution in [2.45, 2.75) is 38.6 Å². The molecular weight excluding hydrogens is 236 g/mol. The van der Waals surface area contributed by atoms with Gasteiger partial charge >= 0.3 is 0 Å². The van der Waals surface area contributed by atoms with E-state index in [1.807, 2.05) is 17.0 Å². The summed E-state index contributed by atoms with van der Waals surface area (Å²) in [6, 6.07) is 8.18. The zero-order valence-electron chi connectivity index (χ0n) is 11.7. The Kier molecular flexibility index (Phi) is 3.21. The van der Waals surface area contributed by atoms with Crippen LogP contribution in [0, 0.1) is 5.92 Å². The van der Waals surface area contributed by atoms with Gasteiger partial charge in [0.25, 0.3) is 0 Å². The van der Waals surface area contributed by atoms with E-state index in [2.05, 4.69) is 31.3 Å². The van der Waals surface area contributed by atoms with Crippen molar-refractivity contribution in [1.82, 2.24) is 4.90 Å². The van der Waals surface area contributed by atoms with Crippen molar-refractivity contribution in [3.63, 3.8) is 0 Å². The highest BCUT2D eigenvalue weighted by Gasteiger charge is 2.36. The maximum atomic E-state index is 12.7. The van der Waals surface area contributed by atoms with Crippen molar-refractivity contribution in [1.29, 1.82) is 0 Å². The molecule has 1 saturated heterocycles. The third kappa shape index (κ3) is 2.22. The minimum atomic E-state index is -0.0808. The van der Waals surface area contributed by atoms with Gasteiger partial charge in [-0.1, -0.05) is 32.0 Å². The average Bonchev–Trinajstić information content (AvgIpc) is 2.76. The van der Waals surface area contributed by atoms with Gasteiger partial charge in [0.05, 0.1) is 0 Å². The summed E-state index contributed by atoms with van der Waals surface area (Å²) in [5.41, 5.74) is 2.39. The number of amides is 1. The van der Waals surface area contributed by atoms with Gasteiger partial charge < -0.3 is 10.2 Å². The van der Waals surface area contributed by atoms with Crippen LogP contribution in [0.25, 0.3) is 0 Å². The fourth-order valence-electron chi connectivity index (χ4n) is 3.36. The van der Waals surface area contributed by atoms with Crippen LogP contribution >= 0.6 is 0 Å². The summed E-state index contributed by atoms with van der Waals surface area (Å²) in [5.74, 6) is 1.17. The number of likely N-dealkylation sites (tertiary alicyclic amines) is 1. The Morgan fingerprint density at radius 1 is 1.32 bits per heavy atom. The standard InChI is InChI=1S/C16H22N2O/c1-11-6-5-9-18(10-11)16(19)15-12(2)13-7-3-4-8-14(13)17-15/h3-4,7-8,11-12,15,17H,5-6,9-10H2,1-2H3. The van der Waals surface area contributed by atoms with Crippen LogP contribution < -0.4 is 5.32 Å². The summed E-state index contributed by atoms with van der Waals surface area (Å²) in [6.07, 6.45) is 2.39. The van der Waals surface area contributed by atoms with E-state index in [9.17, 15) is 4.79 Å². The van der Waals surface area contributed by atoms with Gasteiger partial charge in [0.15, 0.2) is 0 Å². The lowest BCUT2D eigenvalue weighted by atomic mass is 9.94. The van der Waals surface area contributed by atoms with Crippen LogP contribution in [-0.2, 0) is 4.79 Å². The topological polar surface area (TPSA) is 32.3 Å². The fraction of sp³-hybridized carbons (Fsp3) is 0.562. The van der Waals surface area contributed by atoms with Gasteiger partial charge in [-0.2, -0.15) is 0 Å². The van der Waals surface area contributed by atoms with E-state index in [-0.39, 0.29) is 17.9 Å². The Morgan fingerprint density at radius 2 is 2.11 bits per heavy atom. The molecule has 3 unspecified atom stereocenters. The van der Waals surface area contributed by atoms with Crippen LogP contribution in [-0.4, -0.2) is 29.9 Å². The maximum Gasteiger partial charge on any atom is 0.245 e. The molecule has 2 aliphatic rings. The Labute approximate surface area is 115 Å². The summed E-state index contributed by atoms with van der Waals surface area (Å²) in [7, 11) is 0. The molecule has 0 bridgehead atoms. The smallest absolute Gasteiger partial charge is 0.245 e. The lowest BCUT2D eigenvalue weighted by molar-refractivity contribution is -0.134. The monoisotopic (exact) mass is 258 g/mol. The number of rotatable bonds is 1. The average molecular weight is 258 g/mol. The molecule has 1 fully saturated rings. The predicted molar refractivity (Wildman–Crippen MR) is 77.2 cm³/mol. The van der Waals surface area contributed by atoms with Crippen molar-refractivity contribution in [3.05, 3.63) is 29.8 Å². The summed E-state index contributed by atoms with van der Waals surface area (Å²) < 4.78 is 0. The molecule has 1 N–H and O–H groups in total. The number of para-hydroxylation sites is 1. The maximum absolute atomic E-state index is 12.7. The van der Waals surface area contributed by atoms with Crippen LogP contribution in [0.1, 0.15) is 38.2 Å². The fourth-order valence-corrected chi connectivity index (χ4v) is 3.36. The van der Waals surface area contributed by atoms with E-state index in [1.165, 1.54) is 12.0 Å². The summed E-state index contributed by atoms with van der Waals surface area (Å²) in [4.78, 5) is 14.7. The number of benzene rings is 1. The van der Waals surface area contributed by atoms with Crippen molar-refractivity contribution in [2.24, 2.45) is 5.92 Å². The van der Waals surface area contributed by atoms with Crippen LogP contribution in [0.5, 0.6) is 0 Å². The van der Waals surface area contributed by atoms with Crippen LogP contribution in [0.3, 0.4) is 0 Å². The van der Waals surface area contributed by atoms with Crippen molar-refractivity contribution >= 4 is 11.6 Å². The molecule has 1 aromatic rings. The molecule has 3 atom stereocenters. The van der Waals surface area contributed by atoms with Crippen LogP contribution in [0.15, 0.2) is 24.3 Å². The first kappa shape index (κ1) is 12.5. The molecule has 2 aliphatic heterocycles. The van der Waals surface area contributed by atoms with E-state index in [4.69, 9.17) is 0 Å². The minimum absolute atomic E-state index is 0.0808. The molecular formula is C16H22N2O. The van der Waals surface area contributed by atoms with Gasteiger partial charge in [-0.05, 0) is 30.4 Å². The van der Waals surface area contributed by atoms with Gasteiger partial charge in [-0.15, -0.1) is 0 Å². The zero-order valence-corrected chi connectivity index (χ0v) is 11.7. The first-order valence-corrected chi connectivity index (χ1v) is 7.31. The number of anilines is 1. The van der Waals surface area contributed by atoms with Gasteiger partial charge in [0.1, 0.15) is 6.04 Å². The van der Waals surface area contributed by atoms with E-state index in [1.54, 1.807) is 0 Å². The zero-order chi connectivity index (χ0) is 13.4. The van der Waals surface area contributed by atoms with Crippen molar-refractivity contribution < 1.29 is 4.79 Å². The van der Waals surface area contributed by atoms with Crippen molar-refractivity contribution in [2.75, 3.05) is 18.4 Å². The summed E-state index contributed by atoms with van der Waals surface area (Å²) in [5, 5.41) is 3.40. The minimum Gasteiger partial charge on any atom is -0.373 e. The number of hydrogen-bond donors (Lipinski definition) is 1. The highest BCUT2D eigenvalue weighted by atomic mass is 16.2. The number of carbonyl (C=O) groups excluding carboxylic acids is 1. The predicted octanol–water partition coefficient (Wildman–Crippen LogP) is 2.84. The van der Waals surface area contributed by atoms with Crippen molar-refractivity contribution in [3.8, 4) is 0 Å². The Balaban J connectivity index is 1.76. The quantitative estimate of drug-likeness (QED) is 0.840. The summed E-state index contributed by atoms with van der Waals surface area (Å²) in [6.45, 7) is 6.22. The third-order valence-electron chi connectivity index (χ3n) is 4.50. The van der Waals surface area contributed by atoms with E-state index in [0.29, 0.717) is 5.92 Å². The number of hydrogen-bond acceptors (Lipinski definition) is 2. The van der Waals surface area contributed by atoms with Crippen LogP contribution in [0.2, 0.25) is 0 Å². The third-order valence-corrected chi connectivity index (χ3v) is 4.50. The number of carbonyl (C=O) groups is 1. The molecule has 0 saturated carbocycles.